The lowest BCUT2D eigenvalue weighted by Gasteiger charge is -2.25. The molecule has 1 aromatic carbocycles. The molecular formula is C14H17F2NO. The summed E-state index contributed by atoms with van der Waals surface area (Å²) in [5.41, 5.74) is 5.96. The van der Waals surface area contributed by atoms with Gasteiger partial charge in [-0.25, -0.2) is 8.78 Å². The van der Waals surface area contributed by atoms with Gasteiger partial charge in [0.25, 0.3) is 0 Å². The molecule has 1 aliphatic carbocycles. The van der Waals surface area contributed by atoms with Crippen molar-refractivity contribution in [3.63, 3.8) is 0 Å². The van der Waals surface area contributed by atoms with Crippen LogP contribution in [-0.2, 0) is 11.2 Å². The number of carbonyl (C=O) groups is 1. The Hall–Kier alpha value is -1.29. The maximum absolute atomic E-state index is 13.5. The number of ketones is 1. The second-order valence-electron chi connectivity index (χ2n) is 4.98. The van der Waals surface area contributed by atoms with E-state index in [2.05, 4.69) is 0 Å². The summed E-state index contributed by atoms with van der Waals surface area (Å²) in [4.78, 5) is 12.0. The topological polar surface area (TPSA) is 43.1 Å². The third kappa shape index (κ3) is 2.93. The fraction of sp³-hybridized carbons (Fsp3) is 0.500. The van der Waals surface area contributed by atoms with Crippen LogP contribution in [0.4, 0.5) is 8.78 Å². The molecule has 2 nitrogen and oxygen atoms in total. The lowest BCUT2D eigenvalue weighted by Crippen LogP contribution is -2.32. The molecule has 0 spiro atoms. The van der Waals surface area contributed by atoms with Gasteiger partial charge < -0.3 is 5.73 Å². The number of hydrogen-bond acceptors (Lipinski definition) is 2. The van der Waals surface area contributed by atoms with Gasteiger partial charge in [0.15, 0.2) is 11.6 Å². The van der Waals surface area contributed by atoms with Crippen molar-refractivity contribution in [1.29, 1.82) is 0 Å². The summed E-state index contributed by atoms with van der Waals surface area (Å²) in [7, 11) is 0. The Labute approximate surface area is 105 Å². The van der Waals surface area contributed by atoms with Crippen molar-refractivity contribution in [2.45, 2.75) is 38.1 Å². The molecule has 0 radical (unpaired) electrons. The number of carbonyl (C=O) groups excluding carboxylic acids is 1. The van der Waals surface area contributed by atoms with Crippen LogP contribution < -0.4 is 5.73 Å². The molecule has 0 heterocycles. The predicted molar refractivity (Wildman–Crippen MR) is 65.0 cm³/mol. The molecule has 2 N–H and O–H groups in total. The summed E-state index contributed by atoms with van der Waals surface area (Å²) in [6.45, 7) is 0. The molecule has 4 heteroatoms. The zero-order valence-corrected chi connectivity index (χ0v) is 10.2. The van der Waals surface area contributed by atoms with E-state index in [1.165, 1.54) is 12.1 Å². The molecule has 1 aromatic rings. The van der Waals surface area contributed by atoms with Crippen LogP contribution in [0.25, 0.3) is 0 Å². The Morgan fingerprint density at radius 3 is 2.83 bits per heavy atom. The number of Topliss-reactive ketones (excluding diaryl/α,β-unsaturated/α-hetero) is 1. The van der Waals surface area contributed by atoms with Crippen molar-refractivity contribution in [3.8, 4) is 0 Å². The van der Waals surface area contributed by atoms with Gasteiger partial charge in [0, 0.05) is 18.4 Å². The van der Waals surface area contributed by atoms with E-state index >= 15 is 0 Å². The molecule has 0 saturated heterocycles. The highest BCUT2D eigenvalue weighted by molar-refractivity contribution is 5.83. The predicted octanol–water partition coefficient (Wildman–Crippen LogP) is 2.59. The molecule has 18 heavy (non-hydrogen) atoms. The second-order valence-corrected chi connectivity index (χ2v) is 4.98. The molecule has 0 amide bonds. The molecule has 2 unspecified atom stereocenters. The minimum absolute atomic E-state index is 0.0327. The highest BCUT2D eigenvalue weighted by atomic mass is 19.2. The molecule has 1 saturated carbocycles. The molecule has 1 fully saturated rings. The SMILES string of the molecule is NC1CCCC(C(=O)Cc2cccc(F)c2F)C1. The van der Waals surface area contributed by atoms with Gasteiger partial charge in [-0.15, -0.1) is 0 Å². The van der Waals surface area contributed by atoms with Crippen LogP contribution in [0.15, 0.2) is 18.2 Å². The van der Waals surface area contributed by atoms with Crippen molar-refractivity contribution in [3.05, 3.63) is 35.4 Å². The molecule has 2 rings (SSSR count). The first-order valence-electron chi connectivity index (χ1n) is 6.29. The Morgan fingerprint density at radius 1 is 1.33 bits per heavy atom. The Balaban J connectivity index is 2.04. The zero-order valence-electron chi connectivity index (χ0n) is 10.2. The van der Waals surface area contributed by atoms with Gasteiger partial charge >= 0.3 is 0 Å². The van der Waals surface area contributed by atoms with Crippen LogP contribution in [0, 0.1) is 17.6 Å². The molecule has 0 bridgehead atoms. The number of benzene rings is 1. The minimum atomic E-state index is -0.911. The molecule has 0 aliphatic heterocycles. The molecule has 2 atom stereocenters. The van der Waals surface area contributed by atoms with Crippen LogP contribution in [0.5, 0.6) is 0 Å². The highest BCUT2D eigenvalue weighted by Gasteiger charge is 2.26. The number of hydrogen-bond donors (Lipinski definition) is 1. The Bertz CT molecular complexity index is 447. The summed E-state index contributed by atoms with van der Waals surface area (Å²) >= 11 is 0. The summed E-state index contributed by atoms with van der Waals surface area (Å²) in [5, 5.41) is 0. The summed E-state index contributed by atoms with van der Waals surface area (Å²) in [6, 6.07) is 4.00. The monoisotopic (exact) mass is 253 g/mol. The van der Waals surface area contributed by atoms with Crippen molar-refractivity contribution in [1.82, 2.24) is 0 Å². The van der Waals surface area contributed by atoms with Gasteiger partial charge in [-0.05, 0) is 30.9 Å². The standard InChI is InChI=1S/C14H17F2NO/c15-12-6-2-4-10(14(12)16)8-13(18)9-3-1-5-11(17)7-9/h2,4,6,9,11H,1,3,5,7-8,17H2. The van der Waals surface area contributed by atoms with Gasteiger partial charge in [-0.2, -0.15) is 0 Å². The molecular weight excluding hydrogens is 236 g/mol. The van der Waals surface area contributed by atoms with Crippen molar-refractivity contribution in [2.75, 3.05) is 0 Å². The van der Waals surface area contributed by atoms with E-state index in [0.717, 1.165) is 25.3 Å². The van der Waals surface area contributed by atoms with Crippen molar-refractivity contribution < 1.29 is 13.6 Å². The number of rotatable bonds is 3. The van der Waals surface area contributed by atoms with E-state index in [9.17, 15) is 13.6 Å². The maximum Gasteiger partial charge on any atom is 0.162 e. The Kier molecular flexibility index (Phi) is 4.07. The second kappa shape index (κ2) is 5.57. The maximum atomic E-state index is 13.5. The van der Waals surface area contributed by atoms with E-state index in [-0.39, 0.29) is 29.7 Å². The van der Waals surface area contributed by atoms with E-state index in [4.69, 9.17) is 5.73 Å². The van der Waals surface area contributed by atoms with Crippen molar-refractivity contribution >= 4 is 5.78 Å². The summed E-state index contributed by atoms with van der Waals surface area (Å²) in [5.74, 6) is -1.95. The van der Waals surface area contributed by atoms with Gasteiger partial charge in [0.05, 0.1) is 0 Å². The summed E-state index contributed by atoms with van der Waals surface area (Å²) in [6.07, 6.45) is 3.31. The smallest absolute Gasteiger partial charge is 0.162 e. The average Bonchev–Trinajstić information content (AvgIpc) is 2.35. The van der Waals surface area contributed by atoms with Gasteiger partial charge in [-0.3, -0.25) is 4.79 Å². The summed E-state index contributed by atoms with van der Waals surface area (Å²) < 4.78 is 26.5. The fourth-order valence-corrected chi connectivity index (χ4v) is 2.54. The van der Waals surface area contributed by atoms with Gasteiger partial charge in [0.2, 0.25) is 0 Å². The lowest BCUT2D eigenvalue weighted by molar-refractivity contribution is -0.123. The minimum Gasteiger partial charge on any atom is -0.328 e. The Morgan fingerprint density at radius 2 is 2.11 bits per heavy atom. The third-order valence-electron chi connectivity index (χ3n) is 3.57. The average molecular weight is 253 g/mol. The normalized spacial score (nSPS) is 23.9. The van der Waals surface area contributed by atoms with Crippen LogP contribution in [-0.4, -0.2) is 11.8 Å². The van der Waals surface area contributed by atoms with E-state index in [1.807, 2.05) is 0 Å². The zero-order chi connectivity index (χ0) is 13.1. The molecule has 98 valence electrons. The largest absolute Gasteiger partial charge is 0.328 e. The first-order chi connectivity index (χ1) is 8.58. The van der Waals surface area contributed by atoms with Gasteiger partial charge in [-0.1, -0.05) is 18.6 Å². The first kappa shape index (κ1) is 13.1. The highest BCUT2D eigenvalue weighted by Crippen LogP contribution is 2.25. The van der Waals surface area contributed by atoms with Gasteiger partial charge in [0.1, 0.15) is 5.78 Å². The van der Waals surface area contributed by atoms with Crippen LogP contribution in [0.3, 0.4) is 0 Å². The van der Waals surface area contributed by atoms with Crippen LogP contribution in [0.1, 0.15) is 31.2 Å². The number of nitrogens with two attached hydrogens (primary N) is 1. The lowest BCUT2D eigenvalue weighted by atomic mass is 9.82. The quantitative estimate of drug-likeness (QED) is 0.899. The third-order valence-corrected chi connectivity index (χ3v) is 3.57. The van der Waals surface area contributed by atoms with E-state index in [0.29, 0.717) is 6.42 Å². The fourth-order valence-electron chi connectivity index (χ4n) is 2.54. The van der Waals surface area contributed by atoms with Crippen LogP contribution in [0.2, 0.25) is 0 Å². The van der Waals surface area contributed by atoms with E-state index in [1.54, 1.807) is 0 Å². The number of halogens is 2. The van der Waals surface area contributed by atoms with Crippen LogP contribution >= 0.6 is 0 Å². The molecule has 1 aliphatic rings. The first-order valence-corrected chi connectivity index (χ1v) is 6.29. The van der Waals surface area contributed by atoms with Crippen molar-refractivity contribution in [2.24, 2.45) is 11.7 Å². The van der Waals surface area contributed by atoms with E-state index < -0.39 is 11.6 Å². The molecule has 0 aromatic heterocycles.